The Bertz CT molecular complexity index is 1050. The van der Waals surface area contributed by atoms with Crippen molar-refractivity contribution in [3.8, 4) is 6.07 Å². The molecule has 3 aliphatic heterocycles. The van der Waals surface area contributed by atoms with Gasteiger partial charge in [-0.05, 0) is 43.4 Å². The maximum absolute atomic E-state index is 12.5. The van der Waals surface area contributed by atoms with Crippen LogP contribution in [0.15, 0.2) is 24.3 Å². The van der Waals surface area contributed by atoms with Crippen LogP contribution in [0.25, 0.3) is 0 Å². The summed E-state index contributed by atoms with van der Waals surface area (Å²) in [6.45, 7) is 3.16. The first kappa shape index (κ1) is 27.9. The number of hydrogen-bond acceptors (Lipinski definition) is 5. The van der Waals surface area contributed by atoms with Gasteiger partial charge in [0, 0.05) is 47.2 Å². The maximum atomic E-state index is 12.5. The Balaban J connectivity index is 0.000000280. The molecule has 3 saturated heterocycles. The molecular weight excluding hydrogens is 499 g/mol. The lowest BCUT2D eigenvalue weighted by Gasteiger charge is -2.40. The first-order valence-electron chi connectivity index (χ1n) is 11.8. The van der Waals surface area contributed by atoms with E-state index >= 15 is 0 Å². The highest BCUT2D eigenvalue weighted by Gasteiger charge is 2.42. The summed E-state index contributed by atoms with van der Waals surface area (Å²) < 4.78 is 64.2. The molecule has 0 spiro atoms. The van der Waals surface area contributed by atoms with Gasteiger partial charge >= 0.3 is 6.18 Å². The second-order valence-corrected chi connectivity index (χ2v) is 11.0. The van der Waals surface area contributed by atoms with E-state index in [4.69, 9.17) is 5.26 Å². The third-order valence-electron chi connectivity index (χ3n) is 6.51. The topological polar surface area (TPSA) is 114 Å². The van der Waals surface area contributed by atoms with Crippen LogP contribution in [0.4, 0.5) is 13.2 Å². The number of carbonyl (C=O) groups is 2. The van der Waals surface area contributed by atoms with Gasteiger partial charge in [-0.25, -0.2) is 0 Å². The fraction of sp³-hybridized carbons (Fsp3) is 0.609. The van der Waals surface area contributed by atoms with Crippen molar-refractivity contribution >= 4 is 22.5 Å². The number of hydrogen-bond donors (Lipinski definition) is 1. The van der Waals surface area contributed by atoms with Gasteiger partial charge in [0.2, 0.25) is 12.3 Å². The number of benzene rings is 1. The number of rotatable bonds is 6. The van der Waals surface area contributed by atoms with Gasteiger partial charge in [-0.3, -0.25) is 9.59 Å². The van der Waals surface area contributed by atoms with E-state index in [1.165, 1.54) is 20.7 Å². The minimum Gasteiger partial charge on any atom is -0.355 e. The average Bonchev–Trinajstić information content (AvgIpc) is 3.37. The molecule has 1 aromatic carbocycles. The van der Waals surface area contributed by atoms with Gasteiger partial charge < -0.3 is 10.2 Å². The molecule has 1 aromatic rings. The average molecular weight is 532 g/mol. The predicted molar refractivity (Wildman–Crippen MR) is 126 cm³/mol. The van der Waals surface area contributed by atoms with Crippen LogP contribution in [0.1, 0.15) is 38.2 Å². The molecule has 3 heterocycles. The molecule has 1 N–H and O–H groups in total. The smallest absolute Gasteiger partial charge is 0.355 e. The molecule has 0 unspecified atom stereocenters. The SMILES string of the molecule is N#CC1CN(S(=O)(=O)N2CCC[C@H](C(=O)N3CCCC3)C2)C1.O=CNCc1ccc(C(F)(F)F)cc1.[HH]. The van der Waals surface area contributed by atoms with Gasteiger partial charge in [0.15, 0.2) is 0 Å². The van der Waals surface area contributed by atoms with Crippen molar-refractivity contribution in [2.24, 2.45) is 11.8 Å². The van der Waals surface area contributed by atoms with Crippen molar-refractivity contribution in [3.05, 3.63) is 35.4 Å². The molecule has 200 valence electrons. The third-order valence-corrected chi connectivity index (χ3v) is 8.44. The van der Waals surface area contributed by atoms with E-state index in [1.807, 2.05) is 4.90 Å². The largest absolute Gasteiger partial charge is 0.416 e. The number of nitrogens with zero attached hydrogens (tertiary/aromatic N) is 4. The van der Waals surface area contributed by atoms with Crippen molar-refractivity contribution in [3.63, 3.8) is 0 Å². The first-order chi connectivity index (χ1) is 17.1. The molecule has 36 heavy (non-hydrogen) atoms. The Morgan fingerprint density at radius 3 is 2.28 bits per heavy atom. The molecule has 0 aliphatic carbocycles. The summed E-state index contributed by atoms with van der Waals surface area (Å²) in [5.41, 5.74) is -0.0579. The molecule has 0 saturated carbocycles. The number of carbonyl (C=O) groups excluding carboxylic acids is 2. The highest BCUT2D eigenvalue weighted by atomic mass is 32.2. The molecule has 0 aromatic heterocycles. The van der Waals surface area contributed by atoms with Crippen LogP contribution < -0.4 is 5.32 Å². The number of nitrogens with one attached hydrogen (secondary N) is 1. The summed E-state index contributed by atoms with van der Waals surface area (Å²) in [6.07, 6.45) is -0.233. The van der Waals surface area contributed by atoms with Gasteiger partial charge in [-0.1, -0.05) is 12.1 Å². The lowest BCUT2D eigenvalue weighted by molar-refractivity contribution is -0.137. The van der Waals surface area contributed by atoms with Crippen molar-refractivity contribution in [2.45, 2.75) is 38.4 Å². The van der Waals surface area contributed by atoms with E-state index in [0.29, 0.717) is 18.5 Å². The van der Waals surface area contributed by atoms with Gasteiger partial charge in [-0.15, -0.1) is 0 Å². The number of likely N-dealkylation sites (tertiary alicyclic amines) is 1. The molecular formula is C23H32F3N5O4S. The number of alkyl halides is 3. The van der Waals surface area contributed by atoms with Gasteiger partial charge in [0.1, 0.15) is 0 Å². The lowest BCUT2D eigenvalue weighted by atomic mass is 9.98. The number of halogens is 3. The van der Waals surface area contributed by atoms with E-state index in [1.54, 1.807) is 0 Å². The Hall–Kier alpha value is -2.69. The highest BCUT2D eigenvalue weighted by molar-refractivity contribution is 7.86. The molecule has 0 radical (unpaired) electrons. The van der Waals surface area contributed by atoms with E-state index in [9.17, 15) is 31.2 Å². The molecule has 3 fully saturated rings. The predicted octanol–water partition coefficient (Wildman–Crippen LogP) is 2.22. The van der Waals surface area contributed by atoms with Gasteiger partial charge in [-0.2, -0.15) is 35.5 Å². The minimum absolute atomic E-state index is 0. The van der Waals surface area contributed by atoms with Gasteiger partial charge in [0.05, 0.1) is 23.5 Å². The number of amides is 2. The van der Waals surface area contributed by atoms with Crippen LogP contribution in [0.2, 0.25) is 0 Å². The van der Waals surface area contributed by atoms with E-state index in [-0.39, 0.29) is 45.3 Å². The first-order valence-corrected chi connectivity index (χ1v) is 13.2. The summed E-state index contributed by atoms with van der Waals surface area (Å²) in [7, 11) is -3.51. The van der Waals surface area contributed by atoms with E-state index < -0.39 is 21.9 Å². The zero-order chi connectivity index (χ0) is 26.3. The van der Waals surface area contributed by atoms with Crippen molar-refractivity contribution < 1.29 is 32.6 Å². The lowest BCUT2D eigenvalue weighted by Crippen LogP contribution is -2.57. The van der Waals surface area contributed by atoms with Crippen molar-refractivity contribution in [2.75, 3.05) is 39.3 Å². The Morgan fingerprint density at radius 1 is 1.08 bits per heavy atom. The van der Waals surface area contributed by atoms with E-state index in [2.05, 4.69) is 11.4 Å². The standard InChI is InChI=1S/C14H22N4O3S.C9H8F3NO.H2/c15-8-12-9-18(10-12)22(20,21)17-7-3-4-13(11-17)14(19)16-5-1-2-6-16;10-9(11,12)8-3-1-7(2-4-8)5-13-6-14;/h12-13H,1-7,9-11H2;1-4,6H,5H2,(H,13,14);1H/t13-;;/m0../s1. The molecule has 1 atom stereocenters. The summed E-state index contributed by atoms with van der Waals surface area (Å²) in [5.74, 6) is -0.299. The van der Waals surface area contributed by atoms with E-state index in [0.717, 1.165) is 50.9 Å². The van der Waals surface area contributed by atoms with Crippen LogP contribution >= 0.6 is 0 Å². The zero-order valence-corrected chi connectivity index (χ0v) is 20.6. The van der Waals surface area contributed by atoms with Crippen LogP contribution in [0.3, 0.4) is 0 Å². The summed E-state index contributed by atoms with van der Waals surface area (Å²) in [6, 6.07) is 6.73. The highest BCUT2D eigenvalue weighted by Crippen LogP contribution is 2.29. The second-order valence-electron chi connectivity index (χ2n) is 9.07. The van der Waals surface area contributed by atoms with Crippen LogP contribution in [0, 0.1) is 23.2 Å². The minimum atomic E-state index is -4.31. The zero-order valence-electron chi connectivity index (χ0n) is 19.8. The van der Waals surface area contributed by atoms with Crippen LogP contribution in [-0.4, -0.2) is 73.5 Å². The Kier molecular flexibility index (Phi) is 9.32. The molecule has 2 amide bonds. The Labute approximate surface area is 210 Å². The summed E-state index contributed by atoms with van der Waals surface area (Å²) in [5, 5.41) is 11.1. The van der Waals surface area contributed by atoms with Crippen molar-refractivity contribution in [1.82, 2.24) is 18.8 Å². The fourth-order valence-corrected chi connectivity index (χ4v) is 6.18. The third kappa shape index (κ3) is 6.96. The summed E-state index contributed by atoms with van der Waals surface area (Å²) >= 11 is 0. The molecule has 3 aliphatic rings. The fourth-order valence-electron chi connectivity index (χ4n) is 4.39. The normalized spacial score (nSPS) is 21.6. The molecule has 4 rings (SSSR count). The Morgan fingerprint density at radius 2 is 1.72 bits per heavy atom. The number of piperidine rings is 1. The quantitative estimate of drug-likeness (QED) is 0.566. The molecule has 9 nitrogen and oxygen atoms in total. The second kappa shape index (κ2) is 12.0. The molecule has 0 bridgehead atoms. The monoisotopic (exact) mass is 531 g/mol. The molecule has 13 heteroatoms. The maximum Gasteiger partial charge on any atom is 0.416 e. The van der Waals surface area contributed by atoms with Crippen LogP contribution in [-0.2, 0) is 32.5 Å². The van der Waals surface area contributed by atoms with Gasteiger partial charge in [0.25, 0.3) is 10.2 Å². The number of nitriles is 1. The summed E-state index contributed by atoms with van der Waals surface area (Å²) in [4.78, 5) is 24.3. The van der Waals surface area contributed by atoms with Crippen LogP contribution in [0.5, 0.6) is 0 Å². The van der Waals surface area contributed by atoms with Crippen molar-refractivity contribution in [1.29, 1.82) is 5.26 Å².